The molecule has 1 aromatic carbocycles. The van der Waals surface area contributed by atoms with Gasteiger partial charge in [-0.05, 0) is 11.6 Å². The minimum atomic E-state index is 0.518. The van der Waals surface area contributed by atoms with Crippen LogP contribution >= 0.6 is 11.8 Å². The van der Waals surface area contributed by atoms with Crippen molar-refractivity contribution in [1.29, 1.82) is 0 Å². The molecule has 1 heterocycles. The average molecular weight is 164 g/mol. The standard InChI is InChI=1S/C9H10NS/c1-2-4-8(5-3-1)9-10-6-7-11-9/h2-5,9-10H,6-7H2. The Morgan fingerprint density at radius 3 is 2.91 bits per heavy atom. The quantitative estimate of drug-likeness (QED) is 0.679. The van der Waals surface area contributed by atoms with Gasteiger partial charge in [0.25, 0.3) is 0 Å². The van der Waals surface area contributed by atoms with Gasteiger partial charge in [0, 0.05) is 12.3 Å². The van der Waals surface area contributed by atoms with Gasteiger partial charge in [-0.1, -0.05) is 24.3 Å². The Balaban J connectivity index is 2.16. The van der Waals surface area contributed by atoms with E-state index in [2.05, 4.69) is 23.5 Å². The molecule has 1 atom stereocenters. The topological polar surface area (TPSA) is 12.0 Å². The molecule has 1 N–H and O–H groups in total. The molecule has 0 saturated carbocycles. The molecule has 1 unspecified atom stereocenters. The SMILES string of the molecule is [c]1ccc(C2NCCS2)cc1. The van der Waals surface area contributed by atoms with Crippen molar-refractivity contribution in [3.05, 3.63) is 35.9 Å². The molecule has 1 radical (unpaired) electrons. The molecular weight excluding hydrogens is 154 g/mol. The molecule has 1 fully saturated rings. The zero-order valence-corrected chi connectivity index (χ0v) is 7.03. The Kier molecular flexibility index (Phi) is 2.15. The lowest BCUT2D eigenvalue weighted by Crippen LogP contribution is -2.11. The van der Waals surface area contributed by atoms with Crippen LogP contribution in [0.4, 0.5) is 0 Å². The maximum Gasteiger partial charge on any atom is 0.0790 e. The normalized spacial score (nSPS) is 23.8. The molecule has 1 aromatic rings. The van der Waals surface area contributed by atoms with Gasteiger partial charge in [0.2, 0.25) is 0 Å². The van der Waals surface area contributed by atoms with E-state index in [0.29, 0.717) is 5.37 Å². The lowest BCUT2D eigenvalue weighted by atomic mass is 10.2. The van der Waals surface area contributed by atoms with E-state index in [1.54, 1.807) is 0 Å². The summed E-state index contributed by atoms with van der Waals surface area (Å²) in [6, 6.07) is 11.2. The number of thioether (sulfide) groups is 1. The minimum Gasteiger partial charge on any atom is -0.301 e. The summed E-state index contributed by atoms with van der Waals surface area (Å²) in [7, 11) is 0. The highest BCUT2D eigenvalue weighted by atomic mass is 32.2. The fraction of sp³-hybridized carbons (Fsp3) is 0.333. The molecule has 1 nitrogen and oxygen atoms in total. The van der Waals surface area contributed by atoms with Gasteiger partial charge in [0.15, 0.2) is 0 Å². The molecule has 1 aliphatic rings. The first-order chi connectivity index (χ1) is 5.47. The predicted octanol–water partition coefficient (Wildman–Crippen LogP) is 1.82. The van der Waals surface area contributed by atoms with E-state index in [1.807, 2.05) is 23.9 Å². The van der Waals surface area contributed by atoms with Gasteiger partial charge in [0.05, 0.1) is 5.37 Å². The van der Waals surface area contributed by atoms with Crippen molar-refractivity contribution in [2.45, 2.75) is 5.37 Å². The van der Waals surface area contributed by atoms with Gasteiger partial charge in [-0.3, -0.25) is 0 Å². The summed E-state index contributed by atoms with van der Waals surface area (Å²) in [6.45, 7) is 1.13. The van der Waals surface area contributed by atoms with Gasteiger partial charge in [-0.15, -0.1) is 11.8 Å². The summed E-state index contributed by atoms with van der Waals surface area (Å²) in [5, 5.41) is 3.94. The first kappa shape index (κ1) is 7.19. The Morgan fingerprint density at radius 1 is 1.45 bits per heavy atom. The highest BCUT2D eigenvalue weighted by Crippen LogP contribution is 2.28. The Hall–Kier alpha value is -0.470. The van der Waals surface area contributed by atoms with Crippen molar-refractivity contribution < 1.29 is 0 Å². The molecule has 0 aromatic heterocycles. The van der Waals surface area contributed by atoms with Crippen LogP contribution in [0.15, 0.2) is 24.3 Å². The van der Waals surface area contributed by atoms with Crippen molar-refractivity contribution in [1.82, 2.24) is 5.32 Å². The highest BCUT2D eigenvalue weighted by molar-refractivity contribution is 7.99. The number of rotatable bonds is 1. The van der Waals surface area contributed by atoms with E-state index in [-0.39, 0.29) is 0 Å². The summed E-state index contributed by atoms with van der Waals surface area (Å²) < 4.78 is 0. The van der Waals surface area contributed by atoms with Crippen LogP contribution in [0.2, 0.25) is 0 Å². The maximum absolute atomic E-state index is 3.42. The van der Waals surface area contributed by atoms with Crippen molar-refractivity contribution in [2.75, 3.05) is 12.3 Å². The molecule has 2 heteroatoms. The summed E-state index contributed by atoms with van der Waals surface area (Å²) in [5.41, 5.74) is 1.37. The molecule has 11 heavy (non-hydrogen) atoms. The van der Waals surface area contributed by atoms with E-state index in [9.17, 15) is 0 Å². The van der Waals surface area contributed by atoms with Crippen LogP contribution in [0.3, 0.4) is 0 Å². The molecule has 0 amide bonds. The number of nitrogens with one attached hydrogen (secondary N) is 1. The first-order valence-electron chi connectivity index (χ1n) is 3.78. The molecule has 0 spiro atoms. The van der Waals surface area contributed by atoms with E-state index in [0.717, 1.165) is 6.54 Å². The summed E-state index contributed by atoms with van der Waals surface area (Å²) >= 11 is 1.97. The fourth-order valence-corrected chi connectivity index (χ4v) is 2.27. The smallest absolute Gasteiger partial charge is 0.0790 e. The van der Waals surface area contributed by atoms with Crippen LogP contribution in [0.1, 0.15) is 10.9 Å². The van der Waals surface area contributed by atoms with Gasteiger partial charge in [0.1, 0.15) is 0 Å². The van der Waals surface area contributed by atoms with E-state index < -0.39 is 0 Å². The zero-order chi connectivity index (χ0) is 7.52. The van der Waals surface area contributed by atoms with E-state index >= 15 is 0 Å². The minimum absolute atomic E-state index is 0.518. The molecule has 2 rings (SSSR count). The average Bonchev–Trinajstić information content (AvgIpc) is 2.58. The lowest BCUT2D eigenvalue weighted by molar-refractivity contribution is 0.751. The highest BCUT2D eigenvalue weighted by Gasteiger charge is 2.15. The van der Waals surface area contributed by atoms with Crippen LogP contribution < -0.4 is 5.32 Å². The zero-order valence-electron chi connectivity index (χ0n) is 6.21. The van der Waals surface area contributed by atoms with E-state index in [4.69, 9.17) is 0 Å². The third-order valence-electron chi connectivity index (χ3n) is 1.76. The molecule has 1 aliphatic heterocycles. The maximum atomic E-state index is 3.42. The molecule has 1 saturated heterocycles. The van der Waals surface area contributed by atoms with Gasteiger partial charge < -0.3 is 5.32 Å². The van der Waals surface area contributed by atoms with Gasteiger partial charge in [-0.25, -0.2) is 0 Å². The van der Waals surface area contributed by atoms with Crippen LogP contribution in [0, 0.1) is 6.07 Å². The van der Waals surface area contributed by atoms with E-state index in [1.165, 1.54) is 11.3 Å². The first-order valence-corrected chi connectivity index (χ1v) is 4.83. The van der Waals surface area contributed by atoms with Crippen LogP contribution in [-0.2, 0) is 0 Å². The number of benzene rings is 1. The molecular formula is C9H10NS. The van der Waals surface area contributed by atoms with Crippen molar-refractivity contribution in [2.24, 2.45) is 0 Å². The van der Waals surface area contributed by atoms with Crippen molar-refractivity contribution >= 4 is 11.8 Å². The Bertz CT molecular complexity index is 216. The van der Waals surface area contributed by atoms with Crippen LogP contribution in [0.5, 0.6) is 0 Å². The second-order valence-corrected chi connectivity index (χ2v) is 3.75. The van der Waals surface area contributed by atoms with Crippen LogP contribution in [-0.4, -0.2) is 12.3 Å². The summed E-state index contributed by atoms with van der Waals surface area (Å²) in [6.07, 6.45) is 0. The predicted molar refractivity (Wildman–Crippen MR) is 48.5 cm³/mol. The Labute approximate surface area is 71.2 Å². The summed E-state index contributed by atoms with van der Waals surface area (Å²) in [4.78, 5) is 0. The number of hydrogen-bond donors (Lipinski definition) is 1. The summed E-state index contributed by atoms with van der Waals surface area (Å²) in [5.74, 6) is 1.23. The Morgan fingerprint density at radius 2 is 2.27 bits per heavy atom. The molecule has 0 bridgehead atoms. The number of hydrogen-bond acceptors (Lipinski definition) is 2. The second kappa shape index (κ2) is 3.28. The van der Waals surface area contributed by atoms with Crippen molar-refractivity contribution in [3.63, 3.8) is 0 Å². The lowest BCUT2D eigenvalue weighted by Gasteiger charge is -2.07. The largest absolute Gasteiger partial charge is 0.301 e. The van der Waals surface area contributed by atoms with Crippen LogP contribution in [0.25, 0.3) is 0 Å². The monoisotopic (exact) mass is 164 g/mol. The third kappa shape index (κ3) is 1.57. The molecule has 57 valence electrons. The second-order valence-electron chi connectivity index (χ2n) is 2.54. The fourth-order valence-electron chi connectivity index (χ4n) is 1.21. The van der Waals surface area contributed by atoms with Crippen molar-refractivity contribution in [3.8, 4) is 0 Å². The van der Waals surface area contributed by atoms with Gasteiger partial charge >= 0.3 is 0 Å². The van der Waals surface area contributed by atoms with Gasteiger partial charge in [-0.2, -0.15) is 0 Å². The molecule has 0 aliphatic carbocycles. The third-order valence-corrected chi connectivity index (χ3v) is 2.98.